The quantitative estimate of drug-likeness (QED) is 0.465. The lowest BCUT2D eigenvalue weighted by Crippen LogP contribution is -2.34. The Morgan fingerprint density at radius 3 is 2.61 bits per heavy atom. The Morgan fingerprint density at radius 2 is 1.96 bits per heavy atom. The first-order valence-corrected chi connectivity index (χ1v) is 8.30. The number of hydrogen-bond donors (Lipinski definition) is 3. The summed E-state index contributed by atoms with van der Waals surface area (Å²) in [4.78, 5) is 12.2. The maximum Gasteiger partial charge on any atom is 0.258 e. The minimum Gasteiger partial charge on any atom is -0.506 e. The Labute approximate surface area is 156 Å². The lowest BCUT2D eigenvalue weighted by atomic mass is 10.2. The normalized spacial score (nSPS) is 10.3. The Morgan fingerprint density at radius 1 is 1.26 bits per heavy atom. The number of hydrogen-bond acceptors (Lipinski definition) is 3. The van der Waals surface area contributed by atoms with E-state index in [-0.39, 0.29) is 21.4 Å². The molecule has 2 rings (SSSR count). The van der Waals surface area contributed by atoms with E-state index in [0.717, 1.165) is 0 Å². The highest BCUT2D eigenvalue weighted by atomic mass is 79.9. The second-order valence-electron chi connectivity index (χ2n) is 4.66. The lowest BCUT2D eigenvalue weighted by molar-refractivity contribution is 0.0978. The highest BCUT2D eigenvalue weighted by molar-refractivity contribution is 9.10. The van der Waals surface area contributed by atoms with E-state index in [1.165, 1.54) is 12.1 Å². The number of rotatable bonds is 2. The number of benzene rings is 2. The van der Waals surface area contributed by atoms with Gasteiger partial charge < -0.3 is 10.4 Å². The summed E-state index contributed by atoms with van der Waals surface area (Å²) in [6.45, 7) is 1.75. The van der Waals surface area contributed by atoms with Gasteiger partial charge in [0.1, 0.15) is 5.75 Å². The summed E-state index contributed by atoms with van der Waals surface area (Å²) in [5.41, 5.74) is 1.51. The minimum atomic E-state index is -0.468. The first-order valence-electron chi connectivity index (χ1n) is 6.34. The molecule has 0 saturated carbocycles. The van der Waals surface area contributed by atoms with Gasteiger partial charge in [0.25, 0.3) is 5.91 Å². The fourth-order valence-electron chi connectivity index (χ4n) is 1.81. The lowest BCUT2D eigenvalue weighted by Gasteiger charge is -2.12. The van der Waals surface area contributed by atoms with Crippen molar-refractivity contribution in [3.8, 4) is 5.75 Å². The number of carbonyl (C=O) groups excluding carboxylic acids is 1. The van der Waals surface area contributed by atoms with Crippen LogP contribution in [0.15, 0.2) is 34.8 Å². The number of amides is 1. The van der Waals surface area contributed by atoms with Crippen molar-refractivity contribution >= 4 is 68.1 Å². The Bertz CT molecular complexity index is 776. The van der Waals surface area contributed by atoms with Crippen molar-refractivity contribution in [1.82, 2.24) is 5.32 Å². The number of aryl methyl sites for hydroxylation is 1. The third kappa shape index (κ3) is 4.57. The van der Waals surface area contributed by atoms with Gasteiger partial charge in [0.05, 0.1) is 15.1 Å². The fraction of sp³-hybridized carbons (Fsp3) is 0.0667. The molecule has 2 aromatic carbocycles. The summed E-state index contributed by atoms with van der Waals surface area (Å²) in [7, 11) is 0. The molecule has 0 fully saturated rings. The van der Waals surface area contributed by atoms with Crippen molar-refractivity contribution in [1.29, 1.82) is 0 Å². The SMILES string of the molecule is Cc1cc(NC(=S)NC(=O)c2cc(Cl)ccc2Cl)cc(Br)c1O. The topological polar surface area (TPSA) is 61.4 Å². The Balaban J connectivity index is 2.10. The Kier molecular flexibility index (Phi) is 5.86. The van der Waals surface area contributed by atoms with Crippen LogP contribution in [0, 0.1) is 6.92 Å². The molecule has 1 amide bonds. The van der Waals surface area contributed by atoms with E-state index in [4.69, 9.17) is 35.4 Å². The van der Waals surface area contributed by atoms with Crippen LogP contribution in [-0.2, 0) is 0 Å². The van der Waals surface area contributed by atoms with Gasteiger partial charge in [0, 0.05) is 10.7 Å². The molecule has 0 aliphatic heterocycles. The monoisotopic (exact) mass is 432 g/mol. The molecule has 8 heteroatoms. The predicted molar refractivity (Wildman–Crippen MR) is 101 cm³/mol. The first-order chi connectivity index (χ1) is 10.8. The predicted octanol–water partition coefficient (Wildman–Crippen LogP) is 4.90. The molecule has 3 N–H and O–H groups in total. The molecule has 0 unspecified atom stereocenters. The largest absolute Gasteiger partial charge is 0.506 e. The smallest absolute Gasteiger partial charge is 0.258 e. The van der Waals surface area contributed by atoms with Gasteiger partial charge in [-0.1, -0.05) is 23.2 Å². The maximum absolute atomic E-state index is 12.2. The minimum absolute atomic E-state index is 0.100. The molecule has 4 nitrogen and oxygen atoms in total. The number of carbonyl (C=O) groups is 1. The number of halogens is 3. The standard InChI is InChI=1S/C15H11BrCl2N2O2S/c1-7-4-9(6-11(16)13(7)21)19-15(23)20-14(22)10-5-8(17)2-3-12(10)18/h2-6,21H,1H3,(H2,19,20,22,23). The van der Waals surface area contributed by atoms with E-state index in [1.54, 1.807) is 25.1 Å². The molecule has 0 radical (unpaired) electrons. The van der Waals surface area contributed by atoms with Gasteiger partial charge in [-0.15, -0.1) is 0 Å². The summed E-state index contributed by atoms with van der Waals surface area (Å²) in [6.07, 6.45) is 0. The van der Waals surface area contributed by atoms with Crippen molar-refractivity contribution in [2.45, 2.75) is 6.92 Å². The number of phenols is 1. The van der Waals surface area contributed by atoms with Crippen molar-refractivity contribution < 1.29 is 9.90 Å². The van der Waals surface area contributed by atoms with Crippen LogP contribution in [0.25, 0.3) is 0 Å². The third-order valence-electron chi connectivity index (χ3n) is 2.91. The van der Waals surface area contributed by atoms with Crippen molar-refractivity contribution in [2.24, 2.45) is 0 Å². The molecule has 0 heterocycles. The molecular formula is C15H11BrCl2N2O2S. The van der Waals surface area contributed by atoms with Crippen LogP contribution in [0.2, 0.25) is 10.0 Å². The van der Waals surface area contributed by atoms with Crippen molar-refractivity contribution in [3.63, 3.8) is 0 Å². The van der Waals surface area contributed by atoms with Gasteiger partial charge in [0.2, 0.25) is 0 Å². The molecule has 0 aliphatic rings. The number of anilines is 1. The van der Waals surface area contributed by atoms with Crippen LogP contribution in [0.4, 0.5) is 5.69 Å². The third-order valence-corrected chi connectivity index (χ3v) is 4.29. The average molecular weight is 434 g/mol. The number of aromatic hydroxyl groups is 1. The van der Waals surface area contributed by atoms with E-state index in [2.05, 4.69) is 26.6 Å². The molecule has 0 aliphatic carbocycles. The molecule has 0 aromatic heterocycles. The van der Waals surface area contributed by atoms with E-state index >= 15 is 0 Å². The van der Waals surface area contributed by atoms with Gasteiger partial charge in [0.15, 0.2) is 5.11 Å². The zero-order valence-corrected chi connectivity index (χ0v) is 15.7. The van der Waals surface area contributed by atoms with Crippen molar-refractivity contribution in [3.05, 3.63) is 56.0 Å². The zero-order valence-electron chi connectivity index (χ0n) is 11.8. The first kappa shape index (κ1) is 18.0. The molecule has 0 bridgehead atoms. The Hall–Kier alpha value is -1.34. The van der Waals surface area contributed by atoms with E-state index in [1.807, 2.05) is 0 Å². The molecule has 2 aromatic rings. The van der Waals surface area contributed by atoms with Crippen LogP contribution in [0.5, 0.6) is 5.75 Å². The molecule has 120 valence electrons. The number of phenolic OH excluding ortho intramolecular Hbond substituents is 1. The zero-order chi connectivity index (χ0) is 17.1. The van der Waals surface area contributed by atoms with Gasteiger partial charge >= 0.3 is 0 Å². The highest BCUT2D eigenvalue weighted by Gasteiger charge is 2.13. The van der Waals surface area contributed by atoms with Crippen LogP contribution >= 0.6 is 51.3 Å². The number of thiocarbonyl (C=S) groups is 1. The summed E-state index contributed by atoms with van der Waals surface area (Å²) in [5, 5.41) is 15.9. The van der Waals surface area contributed by atoms with Gasteiger partial charge in [-0.3, -0.25) is 10.1 Å². The highest BCUT2D eigenvalue weighted by Crippen LogP contribution is 2.30. The van der Waals surface area contributed by atoms with Crippen LogP contribution in [-0.4, -0.2) is 16.1 Å². The summed E-state index contributed by atoms with van der Waals surface area (Å²) < 4.78 is 0.520. The van der Waals surface area contributed by atoms with E-state index in [9.17, 15) is 9.90 Å². The van der Waals surface area contributed by atoms with E-state index < -0.39 is 5.91 Å². The van der Waals surface area contributed by atoms with Gasteiger partial charge in [-0.05, 0) is 71.0 Å². The molecule has 0 atom stereocenters. The second kappa shape index (κ2) is 7.49. The molecule has 0 spiro atoms. The second-order valence-corrected chi connectivity index (χ2v) is 6.76. The summed E-state index contributed by atoms with van der Waals surface area (Å²) in [5.74, 6) is -0.319. The van der Waals surface area contributed by atoms with Crippen LogP contribution in [0.1, 0.15) is 15.9 Å². The fourth-order valence-corrected chi connectivity index (χ4v) is 2.96. The maximum atomic E-state index is 12.2. The molecule has 23 heavy (non-hydrogen) atoms. The summed E-state index contributed by atoms with van der Waals surface area (Å²) in [6, 6.07) is 7.94. The van der Waals surface area contributed by atoms with E-state index in [0.29, 0.717) is 20.7 Å². The summed E-state index contributed by atoms with van der Waals surface area (Å²) >= 11 is 20.2. The molecular weight excluding hydrogens is 423 g/mol. The van der Waals surface area contributed by atoms with Gasteiger partial charge in [-0.25, -0.2) is 0 Å². The number of nitrogens with one attached hydrogen (secondary N) is 2. The van der Waals surface area contributed by atoms with Gasteiger partial charge in [-0.2, -0.15) is 0 Å². The van der Waals surface area contributed by atoms with Crippen LogP contribution < -0.4 is 10.6 Å². The molecule has 0 saturated heterocycles. The van der Waals surface area contributed by atoms with Crippen LogP contribution in [0.3, 0.4) is 0 Å². The van der Waals surface area contributed by atoms with Crippen molar-refractivity contribution in [2.75, 3.05) is 5.32 Å². The average Bonchev–Trinajstić information content (AvgIpc) is 2.46.